The van der Waals surface area contributed by atoms with Crippen molar-refractivity contribution in [1.82, 2.24) is 14.8 Å². The van der Waals surface area contributed by atoms with Gasteiger partial charge in [0.05, 0.1) is 15.3 Å². The van der Waals surface area contributed by atoms with Gasteiger partial charge in [0, 0.05) is 18.0 Å². The molecule has 0 aliphatic rings. The molecule has 4 rings (SSSR count). The minimum atomic E-state index is 0.137. The van der Waals surface area contributed by atoms with Crippen molar-refractivity contribution < 1.29 is 4.79 Å². The number of carbonyl (C=O) groups excluding carboxylic acids is 1. The molecule has 0 amide bonds. The van der Waals surface area contributed by atoms with Crippen molar-refractivity contribution in [3.05, 3.63) is 76.7 Å². The number of carbonyl (C=O) groups is 1. The molecule has 0 radical (unpaired) electrons. The van der Waals surface area contributed by atoms with E-state index in [0.717, 1.165) is 27.6 Å². The van der Waals surface area contributed by atoms with E-state index < -0.39 is 0 Å². The zero-order chi connectivity index (χ0) is 18.8. The van der Waals surface area contributed by atoms with Crippen LogP contribution in [0.1, 0.15) is 15.2 Å². The van der Waals surface area contributed by atoms with Crippen molar-refractivity contribution in [2.75, 3.05) is 0 Å². The van der Waals surface area contributed by atoms with Gasteiger partial charge in [-0.1, -0.05) is 12.1 Å². The lowest BCUT2D eigenvalue weighted by Crippen LogP contribution is -2.30. The van der Waals surface area contributed by atoms with Crippen molar-refractivity contribution in [1.29, 1.82) is 10.8 Å². The highest BCUT2D eigenvalue weighted by atomic mass is 32.1. The number of aromatic nitrogens is 3. The standard InChI is InChI=1S/C20H15N5OS/c21-19-8-6-17(18-7-4-15(12-26)27-18)24-25(19)20(22)11-13-3-5-16-14(10-13)2-1-9-23-16/h1-10,12,21-22H,11H2. The molecule has 0 aliphatic heterocycles. The van der Waals surface area contributed by atoms with Crippen LogP contribution in [0, 0.1) is 10.8 Å². The normalized spacial score (nSPS) is 10.8. The molecular weight excluding hydrogens is 358 g/mol. The molecule has 2 N–H and O–H groups in total. The molecule has 1 aromatic carbocycles. The van der Waals surface area contributed by atoms with Gasteiger partial charge in [-0.15, -0.1) is 11.3 Å². The maximum atomic E-state index is 10.9. The first-order chi connectivity index (χ1) is 13.1. The summed E-state index contributed by atoms with van der Waals surface area (Å²) in [4.78, 5) is 16.6. The molecule has 3 aromatic heterocycles. The Kier molecular flexibility index (Phi) is 4.43. The van der Waals surface area contributed by atoms with Gasteiger partial charge in [0.1, 0.15) is 17.0 Å². The number of aldehydes is 1. The van der Waals surface area contributed by atoms with Crippen molar-refractivity contribution in [2.24, 2.45) is 0 Å². The first kappa shape index (κ1) is 17.0. The molecule has 6 nitrogen and oxygen atoms in total. The van der Waals surface area contributed by atoms with Gasteiger partial charge in [0.2, 0.25) is 0 Å². The molecule has 7 heteroatoms. The van der Waals surface area contributed by atoms with Gasteiger partial charge in [-0.25, -0.2) is 4.68 Å². The molecular formula is C20H15N5OS. The van der Waals surface area contributed by atoms with Crippen LogP contribution in [0.3, 0.4) is 0 Å². The average Bonchev–Trinajstić information content (AvgIpc) is 3.17. The topological polar surface area (TPSA) is 95.5 Å². The quantitative estimate of drug-likeness (QED) is 0.325. The number of hydrogen-bond donors (Lipinski definition) is 2. The summed E-state index contributed by atoms with van der Waals surface area (Å²) in [6.07, 6.45) is 2.90. The number of benzene rings is 1. The smallest absolute Gasteiger partial charge is 0.160 e. The highest BCUT2D eigenvalue weighted by Gasteiger charge is 2.09. The van der Waals surface area contributed by atoms with E-state index in [1.54, 1.807) is 24.4 Å². The summed E-state index contributed by atoms with van der Waals surface area (Å²) in [5, 5.41) is 22.0. The summed E-state index contributed by atoms with van der Waals surface area (Å²) in [6.45, 7) is 0. The van der Waals surface area contributed by atoms with Crippen LogP contribution in [0.5, 0.6) is 0 Å². The van der Waals surface area contributed by atoms with Crippen LogP contribution < -0.4 is 5.49 Å². The minimum absolute atomic E-state index is 0.137. The van der Waals surface area contributed by atoms with E-state index in [9.17, 15) is 4.79 Å². The second kappa shape index (κ2) is 7.05. The van der Waals surface area contributed by atoms with Crippen LogP contribution in [0.2, 0.25) is 0 Å². The van der Waals surface area contributed by atoms with Gasteiger partial charge in [-0.2, -0.15) is 5.10 Å². The number of pyridine rings is 1. The number of thiophene rings is 1. The van der Waals surface area contributed by atoms with E-state index >= 15 is 0 Å². The molecule has 0 atom stereocenters. The van der Waals surface area contributed by atoms with Gasteiger partial charge >= 0.3 is 0 Å². The van der Waals surface area contributed by atoms with Gasteiger partial charge in [-0.05, 0) is 48.0 Å². The van der Waals surface area contributed by atoms with Crippen LogP contribution in [0.4, 0.5) is 0 Å². The lowest BCUT2D eigenvalue weighted by atomic mass is 10.1. The summed E-state index contributed by atoms with van der Waals surface area (Å²) in [6, 6.07) is 16.6. The highest BCUT2D eigenvalue weighted by Crippen LogP contribution is 2.24. The van der Waals surface area contributed by atoms with Gasteiger partial charge in [0.25, 0.3) is 0 Å². The number of nitrogens with one attached hydrogen (secondary N) is 2. The van der Waals surface area contributed by atoms with E-state index in [2.05, 4.69) is 10.1 Å². The third-order valence-corrected chi connectivity index (χ3v) is 5.16. The van der Waals surface area contributed by atoms with Crippen LogP contribution in [-0.2, 0) is 6.42 Å². The number of hydrogen-bond acceptors (Lipinski definition) is 6. The van der Waals surface area contributed by atoms with E-state index in [0.29, 0.717) is 17.0 Å². The van der Waals surface area contributed by atoms with Crippen molar-refractivity contribution in [3.8, 4) is 10.6 Å². The molecule has 0 saturated heterocycles. The zero-order valence-electron chi connectivity index (χ0n) is 14.2. The summed E-state index contributed by atoms with van der Waals surface area (Å²) in [7, 11) is 0. The number of fused-ring (bicyclic) bond motifs is 1. The van der Waals surface area contributed by atoms with Crippen LogP contribution in [-0.4, -0.2) is 26.9 Å². The second-order valence-corrected chi connectivity index (χ2v) is 7.10. The zero-order valence-corrected chi connectivity index (χ0v) is 15.0. The summed E-state index contributed by atoms with van der Waals surface area (Å²) in [5.74, 6) is 0.206. The molecule has 0 saturated carbocycles. The fourth-order valence-electron chi connectivity index (χ4n) is 2.82. The van der Waals surface area contributed by atoms with Crippen molar-refractivity contribution in [3.63, 3.8) is 0 Å². The Morgan fingerprint density at radius 1 is 1.15 bits per heavy atom. The predicted molar refractivity (Wildman–Crippen MR) is 105 cm³/mol. The van der Waals surface area contributed by atoms with Crippen LogP contribution >= 0.6 is 11.3 Å². The van der Waals surface area contributed by atoms with Crippen molar-refractivity contribution >= 4 is 34.4 Å². The average molecular weight is 373 g/mol. The molecule has 3 heterocycles. The summed E-state index contributed by atoms with van der Waals surface area (Å²) < 4.78 is 1.32. The largest absolute Gasteiger partial charge is 0.297 e. The summed E-state index contributed by atoms with van der Waals surface area (Å²) >= 11 is 1.34. The maximum absolute atomic E-state index is 10.9. The lowest BCUT2D eigenvalue weighted by Gasteiger charge is -2.09. The second-order valence-electron chi connectivity index (χ2n) is 5.99. The third-order valence-electron chi connectivity index (χ3n) is 4.13. The number of rotatable bonds is 4. The Morgan fingerprint density at radius 3 is 2.85 bits per heavy atom. The van der Waals surface area contributed by atoms with E-state index in [4.69, 9.17) is 10.8 Å². The first-order valence-electron chi connectivity index (χ1n) is 8.26. The van der Waals surface area contributed by atoms with Gasteiger partial charge in [-0.3, -0.25) is 20.6 Å². The maximum Gasteiger partial charge on any atom is 0.160 e. The lowest BCUT2D eigenvalue weighted by molar-refractivity contribution is 0.112. The van der Waals surface area contributed by atoms with E-state index in [1.807, 2.05) is 36.4 Å². The highest BCUT2D eigenvalue weighted by molar-refractivity contribution is 7.17. The molecule has 0 aliphatic carbocycles. The Hall–Kier alpha value is -3.45. The molecule has 132 valence electrons. The van der Waals surface area contributed by atoms with Gasteiger partial charge < -0.3 is 0 Å². The molecule has 4 aromatic rings. The van der Waals surface area contributed by atoms with Crippen molar-refractivity contribution in [2.45, 2.75) is 6.42 Å². The molecule has 0 spiro atoms. The predicted octanol–water partition coefficient (Wildman–Crippen LogP) is 3.52. The Morgan fingerprint density at radius 2 is 2.04 bits per heavy atom. The van der Waals surface area contributed by atoms with Crippen LogP contribution in [0.25, 0.3) is 21.5 Å². The SMILES string of the molecule is N=C(Cc1ccc2ncccc2c1)n1nc(-c2ccc(C=O)s2)ccc1=N. The monoisotopic (exact) mass is 373 g/mol. The van der Waals surface area contributed by atoms with E-state index in [1.165, 1.54) is 16.0 Å². The van der Waals surface area contributed by atoms with Crippen LogP contribution in [0.15, 0.2) is 60.8 Å². The third kappa shape index (κ3) is 3.45. The summed E-state index contributed by atoms with van der Waals surface area (Å²) in [5.41, 5.74) is 2.64. The Balaban J connectivity index is 1.65. The Labute approximate surface area is 158 Å². The number of nitrogens with zero attached hydrogens (tertiary/aromatic N) is 3. The molecule has 0 fully saturated rings. The molecule has 0 unspecified atom stereocenters. The fraction of sp³-hybridized carbons (Fsp3) is 0.0500. The van der Waals surface area contributed by atoms with Gasteiger partial charge in [0.15, 0.2) is 6.29 Å². The first-order valence-corrected chi connectivity index (χ1v) is 9.07. The molecule has 0 bridgehead atoms. The fourth-order valence-corrected chi connectivity index (χ4v) is 3.61. The molecule has 27 heavy (non-hydrogen) atoms. The minimum Gasteiger partial charge on any atom is -0.297 e. The Bertz CT molecular complexity index is 1220. The van der Waals surface area contributed by atoms with E-state index in [-0.39, 0.29) is 11.3 Å².